The number of halogens is 2. The van der Waals surface area contributed by atoms with Crippen LogP contribution in [0, 0.1) is 0 Å². The molecule has 2 heterocycles. The van der Waals surface area contributed by atoms with Crippen molar-refractivity contribution in [2.75, 3.05) is 11.9 Å². The number of carbonyl (C=O) groups is 2. The lowest BCUT2D eigenvalue weighted by atomic mass is 9.90. The van der Waals surface area contributed by atoms with Gasteiger partial charge >= 0.3 is 25.3 Å². The van der Waals surface area contributed by atoms with E-state index < -0.39 is 68.4 Å². The molecule has 3 N–H and O–H groups in total. The Bertz CT molecular complexity index is 1740. The minimum absolute atomic E-state index is 0.0743. The molecule has 1 aliphatic carbocycles. The highest BCUT2D eigenvalue weighted by Gasteiger charge is 2.60. The lowest BCUT2D eigenvalue weighted by Crippen LogP contribution is -2.42. The van der Waals surface area contributed by atoms with E-state index in [0.29, 0.717) is 10.1 Å². The third-order valence-corrected chi connectivity index (χ3v) is 9.39. The first kappa shape index (κ1) is 35.3. The van der Waals surface area contributed by atoms with Crippen LogP contribution in [0.15, 0.2) is 65.6 Å². The van der Waals surface area contributed by atoms with Gasteiger partial charge in [-0.15, -0.1) is 0 Å². The third kappa shape index (κ3) is 8.16. The number of hydrogen-bond acceptors (Lipinski definition) is 10. The quantitative estimate of drug-likeness (QED) is 0.182. The highest BCUT2D eigenvalue weighted by Crippen LogP contribution is 2.48. The van der Waals surface area contributed by atoms with Crippen molar-refractivity contribution < 1.29 is 46.6 Å². The number of ether oxygens (including phenoxy) is 2. The maximum atomic E-state index is 15.3. The predicted octanol–water partition coefficient (Wildman–Crippen LogP) is 4.40. The molecule has 0 radical (unpaired) electrons. The summed E-state index contributed by atoms with van der Waals surface area (Å²) in [6.07, 6.45) is -2.23. The van der Waals surface area contributed by atoms with Crippen LogP contribution >= 0.6 is 7.75 Å². The van der Waals surface area contributed by atoms with Crippen molar-refractivity contribution in [3.8, 4) is 5.75 Å². The molecule has 48 heavy (non-hydrogen) atoms. The monoisotopic (exact) mass is 690 g/mol. The number of rotatable bonds is 12. The standard InChI is InChI=1S/C32H37F2N4O9P/c1-19(2)45-29(41)20(3)37-48(43,47-24-11-5-4-6-12-24)44-18-25-27(39)32(33,34)30(46-25)38-16-15-26(36-31(38)42)35-28(40)23-14-13-21-9-7-8-10-22(21)17-23/h4-6,11-17,19-20,25,27,30,39H,7-10,18H2,1-3H3,(H,37,43)(H,35,36,40,42)/t20-,25-,27-,30?,48?/m1/s1. The fourth-order valence-electron chi connectivity index (χ4n) is 5.34. The van der Waals surface area contributed by atoms with E-state index in [-0.39, 0.29) is 11.6 Å². The summed E-state index contributed by atoms with van der Waals surface area (Å²) in [6.45, 7) is 3.69. The molecule has 2 aliphatic rings. The number of fused-ring (bicyclic) bond motifs is 1. The van der Waals surface area contributed by atoms with Gasteiger partial charge in [0.2, 0.25) is 6.23 Å². The zero-order chi connectivity index (χ0) is 34.6. The van der Waals surface area contributed by atoms with Crippen LogP contribution in [0.3, 0.4) is 0 Å². The van der Waals surface area contributed by atoms with Gasteiger partial charge in [-0.05, 0) is 87.9 Å². The molecule has 0 spiro atoms. The molecule has 16 heteroatoms. The van der Waals surface area contributed by atoms with Crippen molar-refractivity contribution in [2.45, 2.75) is 83.0 Å². The third-order valence-electron chi connectivity index (χ3n) is 7.75. The number of aryl methyl sites for hydroxylation is 2. The van der Waals surface area contributed by atoms with Gasteiger partial charge in [0.1, 0.15) is 23.7 Å². The van der Waals surface area contributed by atoms with Crippen LogP contribution in [0.2, 0.25) is 0 Å². The number of para-hydroxylation sites is 1. The van der Waals surface area contributed by atoms with Crippen molar-refractivity contribution in [1.82, 2.24) is 14.6 Å². The SMILES string of the molecule is CC(C)OC(=O)[C@@H](C)NP(=O)(OC[C@H]1OC(n2ccc(NC(=O)c3ccc4c(c3)CCCC4)nc2=O)C(F)(F)[C@@H]1O)Oc1ccccc1. The van der Waals surface area contributed by atoms with Crippen LogP contribution in [0.25, 0.3) is 0 Å². The fraction of sp³-hybridized carbons (Fsp3) is 0.438. The summed E-state index contributed by atoms with van der Waals surface area (Å²) >= 11 is 0. The molecular formula is C32H37F2N4O9P. The normalized spacial score (nSPS) is 21.9. The molecule has 3 aromatic rings. The molecule has 2 aromatic carbocycles. The smallest absolute Gasteiger partial charge is 0.459 e. The van der Waals surface area contributed by atoms with Crippen LogP contribution < -0.4 is 20.6 Å². The topological polar surface area (TPSA) is 167 Å². The summed E-state index contributed by atoms with van der Waals surface area (Å²) in [5.41, 5.74) is 1.45. The molecule has 258 valence electrons. The Morgan fingerprint density at radius 3 is 2.50 bits per heavy atom. The molecule has 0 saturated carbocycles. The van der Waals surface area contributed by atoms with E-state index in [0.717, 1.165) is 43.5 Å². The van der Waals surface area contributed by atoms with Gasteiger partial charge < -0.3 is 24.4 Å². The van der Waals surface area contributed by atoms with Crippen molar-refractivity contribution in [3.05, 3.63) is 88.0 Å². The number of nitrogens with zero attached hydrogens (tertiary/aromatic N) is 2. The predicted molar refractivity (Wildman–Crippen MR) is 169 cm³/mol. The first-order valence-corrected chi connectivity index (χ1v) is 17.0. The average Bonchev–Trinajstić information content (AvgIpc) is 3.27. The molecule has 0 bridgehead atoms. The van der Waals surface area contributed by atoms with E-state index in [1.165, 1.54) is 24.6 Å². The van der Waals surface area contributed by atoms with Gasteiger partial charge in [0.25, 0.3) is 5.91 Å². The van der Waals surface area contributed by atoms with Gasteiger partial charge in [0, 0.05) is 11.8 Å². The summed E-state index contributed by atoms with van der Waals surface area (Å²) in [7, 11) is -4.48. The maximum absolute atomic E-state index is 15.3. The van der Waals surface area contributed by atoms with Crippen LogP contribution in [0.4, 0.5) is 14.6 Å². The van der Waals surface area contributed by atoms with E-state index >= 15 is 8.78 Å². The van der Waals surface area contributed by atoms with E-state index in [9.17, 15) is 24.1 Å². The Hall–Kier alpha value is -4.01. The number of esters is 1. The number of benzene rings is 2. The molecule has 13 nitrogen and oxygen atoms in total. The molecule has 1 saturated heterocycles. The first-order valence-electron chi connectivity index (χ1n) is 15.5. The number of carbonyl (C=O) groups excluding carboxylic acids is 2. The summed E-state index contributed by atoms with van der Waals surface area (Å²) in [5.74, 6) is -5.42. The number of nitrogens with one attached hydrogen (secondary N) is 2. The second kappa shape index (κ2) is 14.6. The molecule has 1 fully saturated rings. The molecule has 5 atom stereocenters. The summed E-state index contributed by atoms with van der Waals surface area (Å²) in [4.78, 5) is 41.8. The number of alkyl halides is 2. The lowest BCUT2D eigenvalue weighted by molar-refractivity contribution is -0.149. The van der Waals surface area contributed by atoms with E-state index in [1.54, 1.807) is 44.2 Å². The Kier molecular flexibility index (Phi) is 10.8. The average molecular weight is 691 g/mol. The van der Waals surface area contributed by atoms with Crippen LogP contribution in [-0.4, -0.2) is 63.4 Å². The van der Waals surface area contributed by atoms with E-state index in [4.69, 9.17) is 18.5 Å². The molecular weight excluding hydrogens is 653 g/mol. The van der Waals surface area contributed by atoms with Gasteiger partial charge in [0.05, 0.1) is 12.7 Å². The van der Waals surface area contributed by atoms with Gasteiger partial charge in [0.15, 0.2) is 6.10 Å². The number of hydrogen-bond donors (Lipinski definition) is 3. The van der Waals surface area contributed by atoms with Crippen molar-refractivity contribution in [1.29, 1.82) is 0 Å². The summed E-state index contributed by atoms with van der Waals surface area (Å²) < 4.78 is 66.2. The van der Waals surface area contributed by atoms with Crippen LogP contribution in [0.5, 0.6) is 5.75 Å². The van der Waals surface area contributed by atoms with Crippen molar-refractivity contribution >= 4 is 25.4 Å². The summed E-state index contributed by atoms with van der Waals surface area (Å²) in [6, 6.07) is 13.1. The molecule has 1 aliphatic heterocycles. The first-order chi connectivity index (χ1) is 22.8. The minimum atomic E-state index is -4.48. The Morgan fingerprint density at radius 1 is 1.10 bits per heavy atom. The van der Waals surface area contributed by atoms with Crippen LogP contribution in [-0.2, 0) is 36.2 Å². The molecule has 2 unspecified atom stereocenters. The second-order valence-electron chi connectivity index (χ2n) is 11.8. The molecule has 1 aromatic heterocycles. The number of aromatic nitrogens is 2. The number of amides is 1. The van der Waals surface area contributed by atoms with Gasteiger partial charge in [-0.3, -0.25) is 18.7 Å². The van der Waals surface area contributed by atoms with Crippen LogP contribution in [0.1, 0.15) is 61.3 Å². The summed E-state index contributed by atoms with van der Waals surface area (Å²) in [5, 5.41) is 15.4. The Labute approximate surface area is 275 Å². The highest BCUT2D eigenvalue weighted by atomic mass is 31.2. The van der Waals surface area contributed by atoms with Gasteiger partial charge in [-0.2, -0.15) is 18.9 Å². The van der Waals surface area contributed by atoms with E-state index in [2.05, 4.69) is 15.4 Å². The zero-order valence-electron chi connectivity index (χ0n) is 26.5. The highest BCUT2D eigenvalue weighted by molar-refractivity contribution is 7.52. The number of aliphatic hydroxyl groups is 1. The van der Waals surface area contributed by atoms with Crippen molar-refractivity contribution in [3.63, 3.8) is 0 Å². The zero-order valence-corrected chi connectivity index (χ0v) is 27.4. The largest absolute Gasteiger partial charge is 0.462 e. The minimum Gasteiger partial charge on any atom is -0.462 e. The Morgan fingerprint density at radius 2 is 1.81 bits per heavy atom. The molecule has 5 rings (SSSR count). The fourth-order valence-corrected chi connectivity index (χ4v) is 6.84. The maximum Gasteiger partial charge on any atom is 0.459 e. The number of anilines is 1. The van der Waals surface area contributed by atoms with Gasteiger partial charge in [-0.25, -0.2) is 9.36 Å². The lowest BCUT2D eigenvalue weighted by Gasteiger charge is -2.25. The molecule has 1 amide bonds. The van der Waals surface area contributed by atoms with Crippen molar-refractivity contribution in [2.24, 2.45) is 0 Å². The van der Waals surface area contributed by atoms with E-state index in [1.807, 2.05) is 6.07 Å². The number of aliphatic hydroxyl groups excluding tert-OH is 1. The Balaban J connectivity index is 1.28. The van der Waals surface area contributed by atoms with Gasteiger partial charge in [-0.1, -0.05) is 24.3 Å². The second-order valence-corrected chi connectivity index (χ2v) is 13.5.